The summed E-state index contributed by atoms with van der Waals surface area (Å²) in [6.45, 7) is -0.470. The molecule has 1 heterocycles. The molecule has 1 aliphatic rings. The molecule has 1 saturated heterocycles. The Hall–Kier alpha value is -0.240. The van der Waals surface area contributed by atoms with Gasteiger partial charge in [-0.05, 0) is 0 Å². The minimum atomic E-state index is -1.35. The van der Waals surface area contributed by atoms with E-state index in [0.717, 1.165) is 0 Å². The molecule has 0 amide bonds. The fraction of sp³-hybridized carbons (Fsp3) is 1.00. The lowest BCUT2D eigenvalue weighted by molar-refractivity contribution is -0.248. The highest BCUT2D eigenvalue weighted by molar-refractivity contribution is 4.90. The molecule has 5 atom stereocenters. The van der Waals surface area contributed by atoms with Crippen molar-refractivity contribution in [3.05, 3.63) is 0 Å². The van der Waals surface area contributed by atoms with Crippen molar-refractivity contribution in [1.82, 2.24) is 0 Å². The fourth-order valence-corrected chi connectivity index (χ4v) is 1.12. The highest BCUT2D eigenvalue weighted by atomic mass is 16.6. The van der Waals surface area contributed by atoms with Crippen LogP contribution < -0.4 is 5.73 Å². The van der Waals surface area contributed by atoms with E-state index in [1.165, 1.54) is 0 Å². The highest BCUT2D eigenvalue weighted by Gasteiger charge is 2.41. The second kappa shape index (κ2) is 3.65. The van der Waals surface area contributed by atoms with Gasteiger partial charge in [0.15, 0.2) is 6.29 Å². The minimum absolute atomic E-state index is 0.470. The molecule has 0 aliphatic carbocycles. The van der Waals surface area contributed by atoms with Crippen molar-refractivity contribution < 1.29 is 25.2 Å². The van der Waals surface area contributed by atoms with E-state index in [-0.39, 0.29) is 0 Å². The number of nitrogens with two attached hydrogens (primary N) is 1. The Labute approximate surface area is 69.2 Å². The van der Waals surface area contributed by atoms with E-state index in [9.17, 15) is 10.2 Å². The summed E-state index contributed by atoms with van der Waals surface area (Å²) >= 11 is 0. The van der Waals surface area contributed by atoms with E-state index >= 15 is 0 Å². The molecular weight excluding hydrogens is 166 g/mol. The molecule has 0 spiro atoms. The zero-order valence-corrected chi connectivity index (χ0v) is 6.37. The normalized spacial score (nSPS) is 49.2. The first-order chi connectivity index (χ1) is 5.57. The molecule has 0 aromatic heterocycles. The summed E-state index contributed by atoms with van der Waals surface area (Å²) in [6.07, 6.45) is -4.85. The summed E-state index contributed by atoms with van der Waals surface area (Å²) in [5.41, 5.74) is 5.26. The number of aliphatic hydroxyl groups is 4. The first kappa shape index (κ1) is 9.85. The number of rotatable bonds is 1. The molecule has 0 aromatic carbocycles. The van der Waals surface area contributed by atoms with Crippen LogP contribution in [0.25, 0.3) is 0 Å². The first-order valence-electron chi connectivity index (χ1n) is 3.64. The molecule has 0 bridgehead atoms. The smallest absolute Gasteiger partial charge is 0.173 e. The fourth-order valence-electron chi connectivity index (χ4n) is 1.12. The average molecular weight is 179 g/mol. The number of hydrogen-bond donors (Lipinski definition) is 5. The molecule has 0 radical (unpaired) electrons. The molecule has 2 unspecified atom stereocenters. The van der Waals surface area contributed by atoms with Crippen LogP contribution in [0.1, 0.15) is 0 Å². The minimum Gasteiger partial charge on any atom is -0.394 e. The lowest BCUT2D eigenvalue weighted by Crippen LogP contribution is -2.61. The standard InChI is InChI=1S/C6H13NO5/c7-3-5(10)4(9)2(1-8)12-6(3)11/h2-6,8-11H,1,7H2/t2-,3-,4+,5?,6?/m1/s1. The third-order valence-electron chi connectivity index (χ3n) is 1.95. The number of ether oxygens (including phenoxy) is 1. The lowest BCUT2D eigenvalue weighted by atomic mass is 9.98. The van der Waals surface area contributed by atoms with Gasteiger partial charge in [-0.15, -0.1) is 0 Å². The van der Waals surface area contributed by atoms with Crippen molar-refractivity contribution in [3.63, 3.8) is 0 Å². The number of hydrogen-bond acceptors (Lipinski definition) is 6. The van der Waals surface area contributed by atoms with Gasteiger partial charge >= 0.3 is 0 Å². The van der Waals surface area contributed by atoms with Crippen molar-refractivity contribution in [3.8, 4) is 0 Å². The molecule has 1 aliphatic heterocycles. The predicted octanol–water partition coefficient (Wildman–Crippen LogP) is -3.25. The third-order valence-corrected chi connectivity index (χ3v) is 1.95. The molecule has 0 aromatic rings. The Balaban J connectivity index is 2.63. The topological polar surface area (TPSA) is 116 Å². The second-order valence-corrected chi connectivity index (χ2v) is 2.81. The molecule has 6 heteroatoms. The van der Waals surface area contributed by atoms with Crippen LogP contribution in [0.4, 0.5) is 0 Å². The highest BCUT2D eigenvalue weighted by Crippen LogP contribution is 2.17. The predicted molar refractivity (Wildman–Crippen MR) is 38.0 cm³/mol. The van der Waals surface area contributed by atoms with E-state index in [4.69, 9.17) is 20.7 Å². The van der Waals surface area contributed by atoms with Crippen LogP contribution in [-0.2, 0) is 4.74 Å². The summed E-state index contributed by atoms with van der Waals surface area (Å²) in [5, 5.41) is 36.1. The second-order valence-electron chi connectivity index (χ2n) is 2.81. The van der Waals surface area contributed by atoms with Gasteiger partial charge in [0, 0.05) is 0 Å². The van der Waals surface area contributed by atoms with Crippen molar-refractivity contribution in [2.75, 3.05) is 6.61 Å². The van der Waals surface area contributed by atoms with E-state index in [0.29, 0.717) is 0 Å². The number of aliphatic hydroxyl groups excluding tert-OH is 4. The van der Waals surface area contributed by atoms with Crippen LogP contribution in [0.15, 0.2) is 0 Å². The Morgan fingerprint density at radius 3 is 2.25 bits per heavy atom. The molecule has 1 rings (SSSR count). The van der Waals surface area contributed by atoms with Crippen LogP contribution in [0.2, 0.25) is 0 Å². The Morgan fingerprint density at radius 1 is 1.17 bits per heavy atom. The summed E-state index contributed by atoms with van der Waals surface area (Å²) < 4.78 is 4.70. The quantitative estimate of drug-likeness (QED) is 0.288. The molecular formula is C6H13NO5. The largest absolute Gasteiger partial charge is 0.394 e. The zero-order chi connectivity index (χ0) is 9.30. The molecule has 0 saturated carbocycles. The molecule has 6 nitrogen and oxygen atoms in total. The van der Waals surface area contributed by atoms with Gasteiger partial charge in [0.2, 0.25) is 0 Å². The van der Waals surface area contributed by atoms with Crippen molar-refractivity contribution in [1.29, 1.82) is 0 Å². The monoisotopic (exact) mass is 179 g/mol. The van der Waals surface area contributed by atoms with E-state index in [1.54, 1.807) is 0 Å². The lowest BCUT2D eigenvalue weighted by Gasteiger charge is -2.38. The van der Waals surface area contributed by atoms with Gasteiger partial charge in [-0.2, -0.15) is 0 Å². The molecule has 6 N–H and O–H groups in total. The molecule has 12 heavy (non-hydrogen) atoms. The summed E-state index contributed by atoms with van der Waals surface area (Å²) in [7, 11) is 0. The van der Waals surface area contributed by atoms with Crippen LogP contribution in [0.5, 0.6) is 0 Å². The maximum atomic E-state index is 9.20. The SMILES string of the molecule is N[C@H]1C(O)O[C@H](CO)[C@H](O)C1O. The van der Waals surface area contributed by atoms with Gasteiger partial charge in [-0.3, -0.25) is 0 Å². The molecule has 72 valence electrons. The van der Waals surface area contributed by atoms with Gasteiger partial charge in [0.25, 0.3) is 0 Å². The van der Waals surface area contributed by atoms with Crippen LogP contribution >= 0.6 is 0 Å². The van der Waals surface area contributed by atoms with Gasteiger partial charge in [0.1, 0.15) is 18.3 Å². The summed E-state index contributed by atoms with van der Waals surface area (Å²) in [4.78, 5) is 0. The zero-order valence-electron chi connectivity index (χ0n) is 6.37. The first-order valence-corrected chi connectivity index (χ1v) is 3.64. The van der Waals surface area contributed by atoms with E-state index < -0.39 is 37.3 Å². The summed E-state index contributed by atoms with van der Waals surface area (Å²) in [5.74, 6) is 0. The van der Waals surface area contributed by atoms with Gasteiger partial charge in [0.05, 0.1) is 12.6 Å². The van der Waals surface area contributed by atoms with Gasteiger partial charge in [-0.25, -0.2) is 0 Å². The maximum absolute atomic E-state index is 9.20. The van der Waals surface area contributed by atoms with E-state index in [2.05, 4.69) is 0 Å². The van der Waals surface area contributed by atoms with Crippen molar-refractivity contribution >= 4 is 0 Å². The Morgan fingerprint density at radius 2 is 1.75 bits per heavy atom. The molecule has 1 fully saturated rings. The Kier molecular flexibility index (Phi) is 2.99. The van der Waals surface area contributed by atoms with Crippen LogP contribution in [0, 0.1) is 0 Å². The van der Waals surface area contributed by atoms with Crippen LogP contribution in [-0.4, -0.2) is 57.7 Å². The Bertz CT molecular complexity index is 150. The van der Waals surface area contributed by atoms with Crippen LogP contribution in [0.3, 0.4) is 0 Å². The maximum Gasteiger partial charge on any atom is 0.173 e. The average Bonchev–Trinajstić information content (AvgIpc) is 2.08. The van der Waals surface area contributed by atoms with Gasteiger partial charge in [-0.1, -0.05) is 0 Å². The van der Waals surface area contributed by atoms with Crippen molar-refractivity contribution in [2.24, 2.45) is 5.73 Å². The van der Waals surface area contributed by atoms with Gasteiger partial charge < -0.3 is 30.9 Å². The van der Waals surface area contributed by atoms with Crippen molar-refractivity contribution in [2.45, 2.75) is 30.6 Å². The third kappa shape index (κ3) is 1.58. The van der Waals surface area contributed by atoms with E-state index in [1.807, 2.05) is 0 Å². The summed E-state index contributed by atoms with van der Waals surface area (Å²) in [6, 6.07) is -1.04.